The van der Waals surface area contributed by atoms with E-state index in [2.05, 4.69) is 9.59 Å². The summed E-state index contributed by atoms with van der Waals surface area (Å²) in [6.45, 7) is 0.464. The Morgan fingerprint density at radius 1 is 1.36 bits per heavy atom. The summed E-state index contributed by atoms with van der Waals surface area (Å²) in [5, 5.41) is 3.71. The molecule has 0 fully saturated rings. The molecule has 0 aliphatic rings. The van der Waals surface area contributed by atoms with Gasteiger partial charge in [0.25, 0.3) is 0 Å². The molecule has 2 rings (SSSR count). The Balaban J connectivity index is 2.02. The zero-order valence-corrected chi connectivity index (χ0v) is 8.20. The fourth-order valence-electron chi connectivity index (χ4n) is 1.01. The van der Waals surface area contributed by atoms with Crippen molar-refractivity contribution < 1.29 is 4.74 Å². The molecule has 14 heavy (non-hydrogen) atoms. The van der Waals surface area contributed by atoms with E-state index in [-0.39, 0.29) is 0 Å². The van der Waals surface area contributed by atoms with Crippen molar-refractivity contribution in [3.8, 4) is 5.75 Å². The van der Waals surface area contributed by atoms with Crippen LogP contribution >= 0.6 is 11.5 Å². The van der Waals surface area contributed by atoms with Crippen LogP contribution in [0.15, 0.2) is 30.5 Å². The first-order chi connectivity index (χ1) is 6.86. The van der Waals surface area contributed by atoms with E-state index in [0.29, 0.717) is 18.0 Å². The molecule has 0 saturated carbocycles. The van der Waals surface area contributed by atoms with Gasteiger partial charge in [0.2, 0.25) is 0 Å². The van der Waals surface area contributed by atoms with E-state index in [0.717, 1.165) is 4.88 Å². The Kier molecular flexibility index (Phi) is 2.60. The predicted molar refractivity (Wildman–Crippen MR) is 55.1 cm³/mol. The SMILES string of the molecule is Nc1ccccc1OCc1cnns1. The van der Waals surface area contributed by atoms with Crippen molar-refractivity contribution in [1.29, 1.82) is 0 Å². The number of benzene rings is 1. The molecular weight excluding hydrogens is 198 g/mol. The van der Waals surface area contributed by atoms with Gasteiger partial charge in [-0.25, -0.2) is 0 Å². The molecule has 0 atom stereocenters. The summed E-state index contributed by atoms with van der Waals surface area (Å²) >= 11 is 1.32. The Morgan fingerprint density at radius 3 is 2.93 bits per heavy atom. The molecule has 1 aromatic carbocycles. The summed E-state index contributed by atoms with van der Waals surface area (Å²) in [6.07, 6.45) is 1.68. The lowest BCUT2D eigenvalue weighted by Crippen LogP contribution is -1.96. The number of ether oxygens (including phenoxy) is 1. The van der Waals surface area contributed by atoms with Crippen LogP contribution in [0.4, 0.5) is 5.69 Å². The fourth-order valence-corrected chi connectivity index (χ4v) is 1.42. The molecule has 0 aliphatic carbocycles. The standard InChI is InChI=1S/C9H9N3OS/c10-8-3-1-2-4-9(8)13-6-7-5-11-12-14-7/h1-5H,6,10H2. The van der Waals surface area contributed by atoms with Gasteiger partial charge in [-0.15, -0.1) is 5.10 Å². The lowest BCUT2D eigenvalue weighted by atomic mass is 10.3. The third-order valence-electron chi connectivity index (χ3n) is 1.70. The first-order valence-electron chi connectivity index (χ1n) is 4.10. The molecule has 72 valence electrons. The van der Waals surface area contributed by atoms with E-state index in [9.17, 15) is 0 Å². The van der Waals surface area contributed by atoms with Crippen LogP contribution in [-0.2, 0) is 6.61 Å². The first kappa shape index (κ1) is 8.96. The van der Waals surface area contributed by atoms with E-state index in [4.69, 9.17) is 10.5 Å². The minimum atomic E-state index is 0.464. The Hall–Kier alpha value is -1.62. The number of rotatable bonds is 3. The molecular formula is C9H9N3OS. The van der Waals surface area contributed by atoms with Crippen LogP contribution in [0.5, 0.6) is 5.75 Å². The quantitative estimate of drug-likeness (QED) is 0.778. The number of para-hydroxylation sites is 2. The third kappa shape index (κ3) is 2.00. The normalized spacial score (nSPS) is 10.0. The van der Waals surface area contributed by atoms with Gasteiger partial charge in [-0.2, -0.15) is 0 Å². The number of hydrogen-bond acceptors (Lipinski definition) is 5. The van der Waals surface area contributed by atoms with Crippen LogP contribution in [-0.4, -0.2) is 9.59 Å². The highest BCUT2D eigenvalue weighted by molar-refractivity contribution is 7.05. The zero-order valence-electron chi connectivity index (χ0n) is 7.38. The highest BCUT2D eigenvalue weighted by Crippen LogP contribution is 2.21. The average molecular weight is 207 g/mol. The van der Waals surface area contributed by atoms with Crippen LogP contribution in [0.25, 0.3) is 0 Å². The number of anilines is 1. The molecule has 0 aliphatic heterocycles. The van der Waals surface area contributed by atoms with Gasteiger partial charge in [0.05, 0.1) is 16.8 Å². The van der Waals surface area contributed by atoms with Crippen molar-refractivity contribution in [2.45, 2.75) is 6.61 Å². The molecule has 0 amide bonds. The molecule has 5 heteroatoms. The number of nitrogens with zero attached hydrogens (tertiary/aromatic N) is 2. The van der Waals surface area contributed by atoms with Gasteiger partial charge in [-0.3, -0.25) is 0 Å². The van der Waals surface area contributed by atoms with Gasteiger partial charge in [0.1, 0.15) is 12.4 Å². The maximum absolute atomic E-state index is 5.71. The van der Waals surface area contributed by atoms with Gasteiger partial charge in [0.15, 0.2) is 0 Å². The van der Waals surface area contributed by atoms with Gasteiger partial charge in [-0.05, 0) is 23.7 Å². The molecule has 2 aromatic rings. The van der Waals surface area contributed by atoms with E-state index in [1.54, 1.807) is 12.3 Å². The summed E-state index contributed by atoms with van der Waals surface area (Å²) in [7, 11) is 0. The number of hydrogen-bond donors (Lipinski definition) is 1. The second-order valence-corrected chi connectivity index (χ2v) is 3.58. The van der Waals surface area contributed by atoms with Crippen molar-refractivity contribution in [3.63, 3.8) is 0 Å². The highest BCUT2D eigenvalue weighted by atomic mass is 32.1. The monoisotopic (exact) mass is 207 g/mol. The number of nitrogens with two attached hydrogens (primary N) is 1. The molecule has 0 spiro atoms. The molecule has 2 N–H and O–H groups in total. The molecule has 0 saturated heterocycles. The topological polar surface area (TPSA) is 61.0 Å². The van der Waals surface area contributed by atoms with Crippen molar-refractivity contribution in [2.75, 3.05) is 5.73 Å². The smallest absolute Gasteiger partial charge is 0.142 e. The second-order valence-electron chi connectivity index (χ2n) is 2.71. The summed E-state index contributed by atoms with van der Waals surface area (Å²) < 4.78 is 9.22. The van der Waals surface area contributed by atoms with Crippen LogP contribution in [0.2, 0.25) is 0 Å². The minimum Gasteiger partial charge on any atom is -0.486 e. The largest absolute Gasteiger partial charge is 0.486 e. The molecule has 0 bridgehead atoms. The van der Waals surface area contributed by atoms with E-state index >= 15 is 0 Å². The van der Waals surface area contributed by atoms with Crippen molar-refractivity contribution in [2.24, 2.45) is 0 Å². The average Bonchev–Trinajstić information content (AvgIpc) is 2.69. The summed E-state index contributed by atoms with van der Waals surface area (Å²) in [5.41, 5.74) is 6.35. The summed E-state index contributed by atoms with van der Waals surface area (Å²) in [5.74, 6) is 0.695. The highest BCUT2D eigenvalue weighted by Gasteiger charge is 2.00. The van der Waals surface area contributed by atoms with Crippen molar-refractivity contribution in [3.05, 3.63) is 35.3 Å². The van der Waals surface area contributed by atoms with Crippen molar-refractivity contribution >= 4 is 17.2 Å². The lowest BCUT2D eigenvalue weighted by Gasteiger charge is -2.05. The molecule has 1 heterocycles. The van der Waals surface area contributed by atoms with E-state index in [1.165, 1.54) is 11.5 Å². The Labute approximate surface area is 85.5 Å². The van der Waals surface area contributed by atoms with Gasteiger partial charge >= 0.3 is 0 Å². The van der Waals surface area contributed by atoms with Crippen molar-refractivity contribution in [1.82, 2.24) is 9.59 Å². The first-order valence-corrected chi connectivity index (χ1v) is 4.87. The predicted octanol–water partition coefficient (Wildman–Crippen LogP) is 1.70. The van der Waals surface area contributed by atoms with E-state index < -0.39 is 0 Å². The van der Waals surface area contributed by atoms with Gasteiger partial charge < -0.3 is 10.5 Å². The molecule has 1 aromatic heterocycles. The minimum absolute atomic E-state index is 0.464. The number of aromatic nitrogens is 2. The molecule has 0 radical (unpaired) electrons. The van der Waals surface area contributed by atoms with Gasteiger partial charge in [0, 0.05) is 0 Å². The lowest BCUT2D eigenvalue weighted by molar-refractivity contribution is 0.311. The van der Waals surface area contributed by atoms with E-state index in [1.807, 2.05) is 18.2 Å². The zero-order chi connectivity index (χ0) is 9.80. The molecule has 0 unspecified atom stereocenters. The van der Waals surface area contributed by atoms with Gasteiger partial charge in [-0.1, -0.05) is 16.6 Å². The van der Waals surface area contributed by atoms with Crippen LogP contribution in [0.1, 0.15) is 4.88 Å². The van der Waals surface area contributed by atoms with Crippen LogP contribution in [0, 0.1) is 0 Å². The number of nitrogen functional groups attached to an aromatic ring is 1. The second kappa shape index (κ2) is 4.06. The third-order valence-corrected chi connectivity index (χ3v) is 2.33. The maximum atomic E-state index is 5.71. The fraction of sp³-hybridized carbons (Fsp3) is 0.111. The summed E-state index contributed by atoms with van der Waals surface area (Å²) in [6, 6.07) is 7.40. The molecule has 4 nitrogen and oxygen atoms in total. The van der Waals surface area contributed by atoms with Crippen LogP contribution in [0.3, 0.4) is 0 Å². The Bertz CT molecular complexity index is 402. The summed E-state index contributed by atoms with van der Waals surface area (Å²) in [4.78, 5) is 0.980. The Morgan fingerprint density at radius 2 is 2.21 bits per heavy atom. The van der Waals surface area contributed by atoms with Crippen LogP contribution < -0.4 is 10.5 Å². The maximum Gasteiger partial charge on any atom is 0.142 e.